The number of methoxy groups -OCH3 is 1. The maximum Gasteiger partial charge on any atom is 0.337 e. The van der Waals surface area contributed by atoms with Crippen LogP contribution in [-0.2, 0) is 11.2 Å². The lowest BCUT2D eigenvalue weighted by Gasteiger charge is -2.12. The molecule has 0 aliphatic carbocycles. The molecule has 2 aromatic rings. The van der Waals surface area contributed by atoms with E-state index in [0.29, 0.717) is 12.4 Å². The number of aromatic carboxylic acids is 1. The van der Waals surface area contributed by atoms with E-state index in [1.165, 1.54) is 12.3 Å². The topological polar surface area (TPSA) is 71.5 Å². The molecular weight excluding hydrogens is 292 g/mol. The lowest BCUT2D eigenvalue weighted by atomic mass is 10.1. The summed E-state index contributed by atoms with van der Waals surface area (Å²) in [6.45, 7) is 0.604. The second kappa shape index (κ2) is 7.06. The van der Waals surface area contributed by atoms with E-state index in [2.05, 4.69) is 10.3 Å². The van der Waals surface area contributed by atoms with E-state index in [-0.39, 0.29) is 10.6 Å². The van der Waals surface area contributed by atoms with Gasteiger partial charge in [0.05, 0.1) is 17.2 Å². The Balaban J connectivity index is 2.26. The highest BCUT2D eigenvalue weighted by atomic mass is 35.5. The van der Waals surface area contributed by atoms with Crippen molar-refractivity contribution in [1.82, 2.24) is 4.98 Å². The monoisotopic (exact) mass is 306 g/mol. The van der Waals surface area contributed by atoms with Crippen LogP contribution in [0.15, 0.2) is 36.5 Å². The smallest absolute Gasteiger partial charge is 0.337 e. The predicted octanol–water partition coefficient (Wildman–Crippen LogP) is 3.37. The second-order valence-corrected chi connectivity index (χ2v) is 4.79. The summed E-state index contributed by atoms with van der Waals surface area (Å²) in [4.78, 5) is 15.2. The van der Waals surface area contributed by atoms with Crippen molar-refractivity contribution in [3.8, 4) is 0 Å². The highest BCUT2D eigenvalue weighted by molar-refractivity contribution is 6.33. The van der Waals surface area contributed by atoms with Gasteiger partial charge < -0.3 is 15.2 Å². The number of para-hydroxylation sites is 1. The van der Waals surface area contributed by atoms with Crippen LogP contribution in [0.4, 0.5) is 11.5 Å². The third-order valence-corrected chi connectivity index (χ3v) is 3.24. The zero-order valence-corrected chi connectivity index (χ0v) is 12.2. The molecular formula is C15H15ClN2O3. The molecule has 2 N–H and O–H groups in total. The van der Waals surface area contributed by atoms with Crippen LogP contribution >= 0.6 is 11.6 Å². The standard InChI is InChI=1S/C15H15ClN2O3/c1-21-7-6-10-4-2-3-5-13(10)18-14-8-11(15(19)20)12(16)9-17-14/h2-5,8-9H,6-7H2,1H3,(H,17,18)(H,19,20). The zero-order chi connectivity index (χ0) is 15.2. The maximum atomic E-state index is 11.1. The first kappa shape index (κ1) is 15.3. The number of aromatic nitrogens is 1. The van der Waals surface area contributed by atoms with Gasteiger partial charge in [-0.1, -0.05) is 29.8 Å². The summed E-state index contributed by atoms with van der Waals surface area (Å²) >= 11 is 5.81. The Kier molecular flexibility index (Phi) is 5.14. The van der Waals surface area contributed by atoms with Crippen molar-refractivity contribution in [2.45, 2.75) is 6.42 Å². The first-order valence-corrected chi connectivity index (χ1v) is 6.72. The summed E-state index contributed by atoms with van der Waals surface area (Å²) in [6.07, 6.45) is 2.07. The van der Waals surface area contributed by atoms with Gasteiger partial charge in [-0.25, -0.2) is 9.78 Å². The molecule has 1 heterocycles. The minimum atomic E-state index is -1.09. The molecule has 0 saturated heterocycles. The first-order chi connectivity index (χ1) is 10.1. The number of nitrogens with zero attached hydrogens (tertiary/aromatic N) is 1. The van der Waals surface area contributed by atoms with Gasteiger partial charge in [-0.05, 0) is 24.1 Å². The number of halogens is 1. The largest absolute Gasteiger partial charge is 0.478 e. The molecule has 1 aromatic carbocycles. The SMILES string of the molecule is COCCc1ccccc1Nc1cc(C(=O)O)c(Cl)cn1. The third kappa shape index (κ3) is 3.93. The Morgan fingerprint density at radius 1 is 1.43 bits per heavy atom. The average Bonchev–Trinajstić information content (AvgIpc) is 2.48. The van der Waals surface area contributed by atoms with Crippen molar-refractivity contribution in [3.63, 3.8) is 0 Å². The van der Waals surface area contributed by atoms with Gasteiger partial charge in [0.25, 0.3) is 0 Å². The van der Waals surface area contributed by atoms with E-state index < -0.39 is 5.97 Å². The molecule has 0 radical (unpaired) electrons. The van der Waals surface area contributed by atoms with Gasteiger partial charge in [-0.3, -0.25) is 0 Å². The minimum Gasteiger partial charge on any atom is -0.478 e. The lowest BCUT2D eigenvalue weighted by Crippen LogP contribution is -2.03. The summed E-state index contributed by atoms with van der Waals surface area (Å²) in [5, 5.41) is 12.3. The fourth-order valence-electron chi connectivity index (χ4n) is 1.88. The molecule has 2 rings (SSSR count). The van der Waals surface area contributed by atoms with E-state index in [0.717, 1.165) is 17.7 Å². The number of benzene rings is 1. The van der Waals surface area contributed by atoms with Crippen LogP contribution in [0.3, 0.4) is 0 Å². The summed E-state index contributed by atoms with van der Waals surface area (Å²) < 4.78 is 5.08. The molecule has 0 atom stereocenters. The minimum absolute atomic E-state index is 0.0172. The molecule has 0 bridgehead atoms. The van der Waals surface area contributed by atoms with E-state index in [9.17, 15) is 4.79 Å². The molecule has 0 amide bonds. The van der Waals surface area contributed by atoms with Crippen molar-refractivity contribution in [2.75, 3.05) is 19.0 Å². The van der Waals surface area contributed by atoms with Crippen molar-refractivity contribution < 1.29 is 14.6 Å². The van der Waals surface area contributed by atoms with Gasteiger partial charge in [0.2, 0.25) is 0 Å². The normalized spacial score (nSPS) is 10.4. The average molecular weight is 307 g/mol. The molecule has 0 spiro atoms. The predicted molar refractivity (Wildman–Crippen MR) is 81.5 cm³/mol. The first-order valence-electron chi connectivity index (χ1n) is 6.34. The number of anilines is 2. The Hall–Kier alpha value is -2.11. The zero-order valence-electron chi connectivity index (χ0n) is 11.5. The lowest BCUT2D eigenvalue weighted by molar-refractivity contribution is 0.0697. The van der Waals surface area contributed by atoms with Crippen LogP contribution in [0, 0.1) is 0 Å². The van der Waals surface area contributed by atoms with Crippen molar-refractivity contribution >= 4 is 29.1 Å². The van der Waals surface area contributed by atoms with Gasteiger partial charge in [-0.2, -0.15) is 0 Å². The van der Waals surface area contributed by atoms with E-state index >= 15 is 0 Å². The number of carboxylic acids is 1. The van der Waals surface area contributed by atoms with Crippen LogP contribution in [0.5, 0.6) is 0 Å². The molecule has 0 aliphatic rings. The quantitative estimate of drug-likeness (QED) is 0.856. The molecule has 6 heteroatoms. The summed E-state index contributed by atoms with van der Waals surface area (Å²) in [5.74, 6) is -0.653. The van der Waals surface area contributed by atoms with Gasteiger partial charge in [-0.15, -0.1) is 0 Å². The Morgan fingerprint density at radius 3 is 2.90 bits per heavy atom. The highest BCUT2D eigenvalue weighted by Gasteiger charge is 2.11. The summed E-state index contributed by atoms with van der Waals surface area (Å²) in [6, 6.07) is 9.13. The van der Waals surface area contributed by atoms with Gasteiger partial charge in [0.1, 0.15) is 5.82 Å². The highest BCUT2D eigenvalue weighted by Crippen LogP contribution is 2.23. The van der Waals surface area contributed by atoms with Gasteiger partial charge >= 0.3 is 5.97 Å². The van der Waals surface area contributed by atoms with Crippen molar-refractivity contribution in [2.24, 2.45) is 0 Å². The van der Waals surface area contributed by atoms with Crippen LogP contribution in [-0.4, -0.2) is 29.8 Å². The Labute approximate surface area is 127 Å². The number of hydrogen-bond acceptors (Lipinski definition) is 4. The van der Waals surface area contributed by atoms with Gasteiger partial charge in [0.15, 0.2) is 0 Å². The molecule has 0 unspecified atom stereocenters. The molecule has 21 heavy (non-hydrogen) atoms. The molecule has 110 valence electrons. The number of pyridine rings is 1. The summed E-state index contributed by atoms with van der Waals surface area (Å²) in [5.41, 5.74) is 1.94. The fraction of sp³-hybridized carbons (Fsp3) is 0.200. The third-order valence-electron chi connectivity index (χ3n) is 2.94. The Morgan fingerprint density at radius 2 is 2.19 bits per heavy atom. The van der Waals surface area contributed by atoms with Crippen molar-refractivity contribution in [3.05, 3.63) is 52.7 Å². The number of hydrogen-bond donors (Lipinski definition) is 2. The maximum absolute atomic E-state index is 11.1. The van der Waals surface area contributed by atoms with Crippen LogP contribution in [0.1, 0.15) is 15.9 Å². The summed E-state index contributed by atoms with van der Waals surface area (Å²) in [7, 11) is 1.65. The van der Waals surface area contributed by atoms with E-state index in [1.54, 1.807) is 7.11 Å². The molecule has 1 aromatic heterocycles. The number of carbonyl (C=O) groups is 1. The second-order valence-electron chi connectivity index (χ2n) is 4.38. The molecule has 0 aliphatic heterocycles. The number of carboxylic acid groups (broad SMARTS) is 1. The van der Waals surface area contributed by atoms with Crippen LogP contribution < -0.4 is 5.32 Å². The van der Waals surface area contributed by atoms with E-state index in [4.69, 9.17) is 21.4 Å². The molecule has 0 fully saturated rings. The molecule has 5 nitrogen and oxygen atoms in total. The van der Waals surface area contributed by atoms with Crippen molar-refractivity contribution in [1.29, 1.82) is 0 Å². The van der Waals surface area contributed by atoms with Gasteiger partial charge in [0, 0.05) is 19.0 Å². The van der Waals surface area contributed by atoms with Crippen LogP contribution in [0.2, 0.25) is 5.02 Å². The van der Waals surface area contributed by atoms with E-state index in [1.807, 2.05) is 24.3 Å². The molecule has 0 saturated carbocycles. The fourth-order valence-corrected chi connectivity index (χ4v) is 2.07. The number of ether oxygens (including phenoxy) is 1. The van der Waals surface area contributed by atoms with Crippen LogP contribution in [0.25, 0.3) is 0 Å². The number of rotatable bonds is 6. The number of nitrogens with one attached hydrogen (secondary N) is 1. The Bertz CT molecular complexity index is 647.